The van der Waals surface area contributed by atoms with Crippen LogP contribution in [0.15, 0.2) is 24.3 Å². The quantitative estimate of drug-likeness (QED) is 0.520. The van der Waals surface area contributed by atoms with Crippen LogP contribution < -0.4 is 5.73 Å². The fraction of sp³-hybridized carbons (Fsp3) is 0.625. The van der Waals surface area contributed by atoms with Gasteiger partial charge in [0.15, 0.2) is 0 Å². The van der Waals surface area contributed by atoms with E-state index in [4.69, 9.17) is 10.5 Å². The van der Waals surface area contributed by atoms with E-state index in [1.165, 1.54) is 12.0 Å². The summed E-state index contributed by atoms with van der Waals surface area (Å²) in [6.45, 7) is 9.07. The normalized spacial score (nSPS) is 11.1. The summed E-state index contributed by atoms with van der Waals surface area (Å²) in [7, 11) is 0. The lowest BCUT2D eigenvalue weighted by atomic mass is 10.1. The van der Waals surface area contributed by atoms with Crippen molar-refractivity contribution >= 4 is 5.69 Å². The van der Waals surface area contributed by atoms with Crippen molar-refractivity contribution < 1.29 is 4.74 Å². The van der Waals surface area contributed by atoms with Crippen LogP contribution in [0.2, 0.25) is 0 Å². The van der Waals surface area contributed by atoms with Gasteiger partial charge in [-0.15, -0.1) is 0 Å². The van der Waals surface area contributed by atoms with E-state index in [0.717, 1.165) is 51.4 Å². The largest absolute Gasteiger partial charge is 0.398 e. The Balaban J connectivity index is 2.37. The minimum Gasteiger partial charge on any atom is -0.398 e. The predicted molar refractivity (Wildman–Crippen MR) is 82.1 cm³/mol. The lowest BCUT2D eigenvalue weighted by molar-refractivity contribution is 0.0991. The van der Waals surface area contributed by atoms with E-state index >= 15 is 0 Å². The van der Waals surface area contributed by atoms with Crippen LogP contribution in [0.1, 0.15) is 38.7 Å². The van der Waals surface area contributed by atoms with Gasteiger partial charge in [-0.3, -0.25) is 4.90 Å². The molecule has 0 spiro atoms. The number of benzene rings is 1. The molecule has 1 rings (SSSR count). The highest BCUT2D eigenvalue weighted by atomic mass is 16.5. The Labute approximate surface area is 117 Å². The smallest absolute Gasteiger partial charge is 0.0593 e. The van der Waals surface area contributed by atoms with Gasteiger partial charge in [0.1, 0.15) is 0 Å². The lowest BCUT2D eigenvalue weighted by Crippen LogP contribution is -2.28. The Morgan fingerprint density at radius 1 is 1.05 bits per heavy atom. The molecule has 0 aliphatic rings. The summed E-state index contributed by atoms with van der Waals surface area (Å²) in [5, 5.41) is 0. The minimum atomic E-state index is 0.812. The van der Waals surface area contributed by atoms with Gasteiger partial charge in [0.25, 0.3) is 0 Å². The molecule has 2 N–H and O–H groups in total. The van der Waals surface area contributed by atoms with Crippen molar-refractivity contribution in [2.24, 2.45) is 0 Å². The molecule has 0 amide bonds. The number of anilines is 1. The second kappa shape index (κ2) is 9.82. The van der Waals surface area contributed by atoms with Gasteiger partial charge in [0.2, 0.25) is 0 Å². The maximum atomic E-state index is 6.00. The Kier molecular flexibility index (Phi) is 8.26. The third-order valence-corrected chi connectivity index (χ3v) is 3.18. The zero-order valence-corrected chi connectivity index (χ0v) is 12.4. The number of rotatable bonds is 10. The molecule has 0 aliphatic carbocycles. The lowest BCUT2D eigenvalue weighted by Gasteiger charge is -2.22. The van der Waals surface area contributed by atoms with Gasteiger partial charge in [-0.05, 0) is 31.0 Å². The molecule has 3 heteroatoms. The molecule has 0 heterocycles. The molecule has 0 aliphatic heterocycles. The van der Waals surface area contributed by atoms with Crippen molar-refractivity contribution in [2.45, 2.75) is 39.7 Å². The van der Waals surface area contributed by atoms with E-state index < -0.39 is 0 Å². The van der Waals surface area contributed by atoms with Crippen LogP contribution in [0.3, 0.4) is 0 Å². The fourth-order valence-electron chi connectivity index (χ4n) is 2.05. The average molecular weight is 264 g/mol. The first-order valence-electron chi connectivity index (χ1n) is 7.41. The van der Waals surface area contributed by atoms with E-state index in [1.807, 2.05) is 18.2 Å². The Morgan fingerprint density at radius 2 is 1.84 bits per heavy atom. The standard InChI is InChI=1S/C16H28N2O/c1-3-5-12-19-13-11-18(10-4-2)14-15-8-6-7-9-16(15)17/h6-9H,3-5,10-14,17H2,1-2H3. The summed E-state index contributed by atoms with van der Waals surface area (Å²) in [6, 6.07) is 8.11. The van der Waals surface area contributed by atoms with Crippen LogP contribution in [0.25, 0.3) is 0 Å². The molecular formula is C16H28N2O. The predicted octanol–water partition coefficient (Wildman–Crippen LogP) is 3.30. The molecule has 0 aromatic heterocycles. The van der Waals surface area contributed by atoms with E-state index in [-0.39, 0.29) is 0 Å². The zero-order valence-electron chi connectivity index (χ0n) is 12.4. The molecule has 0 atom stereocenters. The molecule has 0 fully saturated rings. The summed E-state index contributed by atoms with van der Waals surface area (Å²) in [5.74, 6) is 0. The summed E-state index contributed by atoms with van der Waals surface area (Å²) in [5.41, 5.74) is 8.10. The maximum Gasteiger partial charge on any atom is 0.0593 e. The summed E-state index contributed by atoms with van der Waals surface area (Å²) in [4.78, 5) is 2.41. The van der Waals surface area contributed by atoms with Gasteiger partial charge < -0.3 is 10.5 Å². The van der Waals surface area contributed by atoms with Crippen LogP contribution >= 0.6 is 0 Å². The van der Waals surface area contributed by atoms with Crippen molar-refractivity contribution in [1.29, 1.82) is 0 Å². The average Bonchev–Trinajstić information content (AvgIpc) is 2.41. The minimum absolute atomic E-state index is 0.812. The van der Waals surface area contributed by atoms with Crippen molar-refractivity contribution in [3.63, 3.8) is 0 Å². The molecule has 0 bridgehead atoms. The maximum absolute atomic E-state index is 6.00. The first kappa shape index (κ1) is 16.0. The van der Waals surface area contributed by atoms with Gasteiger partial charge in [-0.1, -0.05) is 38.5 Å². The van der Waals surface area contributed by atoms with Gasteiger partial charge in [0.05, 0.1) is 6.61 Å². The summed E-state index contributed by atoms with van der Waals surface area (Å²) < 4.78 is 5.65. The monoisotopic (exact) mass is 264 g/mol. The van der Waals surface area contributed by atoms with Gasteiger partial charge in [-0.2, -0.15) is 0 Å². The van der Waals surface area contributed by atoms with E-state index in [0.29, 0.717) is 0 Å². The van der Waals surface area contributed by atoms with Crippen LogP contribution in [0.4, 0.5) is 5.69 Å². The number of hydrogen-bond acceptors (Lipinski definition) is 3. The van der Waals surface area contributed by atoms with E-state index in [9.17, 15) is 0 Å². The van der Waals surface area contributed by atoms with Crippen molar-refractivity contribution in [3.8, 4) is 0 Å². The van der Waals surface area contributed by atoms with E-state index in [1.54, 1.807) is 0 Å². The van der Waals surface area contributed by atoms with Gasteiger partial charge in [-0.25, -0.2) is 0 Å². The topological polar surface area (TPSA) is 38.5 Å². The molecule has 0 radical (unpaired) electrons. The zero-order chi connectivity index (χ0) is 13.9. The van der Waals surface area contributed by atoms with Gasteiger partial charge in [0, 0.05) is 25.4 Å². The highest BCUT2D eigenvalue weighted by Gasteiger charge is 2.06. The molecule has 108 valence electrons. The number of para-hydroxylation sites is 1. The molecule has 0 saturated carbocycles. The highest BCUT2D eigenvalue weighted by molar-refractivity contribution is 5.46. The molecule has 1 aromatic carbocycles. The molecule has 0 saturated heterocycles. The number of hydrogen-bond donors (Lipinski definition) is 1. The molecule has 3 nitrogen and oxygen atoms in total. The molecular weight excluding hydrogens is 236 g/mol. The number of nitrogens with two attached hydrogens (primary N) is 1. The second-order valence-electron chi connectivity index (χ2n) is 4.94. The fourth-order valence-corrected chi connectivity index (χ4v) is 2.05. The first-order chi connectivity index (χ1) is 9.27. The Hall–Kier alpha value is -1.06. The van der Waals surface area contributed by atoms with Crippen LogP contribution in [0, 0.1) is 0 Å². The first-order valence-corrected chi connectivity index (χ1v) is 7.41. The van der Waals surface area contributed by atoms with Crippen LogP contribution in [-0.2, 0) is 11.3 Å². The highest BCUT2D eigenvalue weighted by Crippen LogP contribution is 2.13. The molecule has 0 unspecified atom stereocenters. The second-order valence-corrected chi connectivity index (χ2v) is 4.94. The third kappa shape index (κ3) is 6.60. The Bertz CT molecular complexity index is 341. The van der Waals surface area contributed by atoms with E-state index in [2.05, 4.69) is 24.8 Å². The SMILES string of the molecule is CCCCOCCN(CCC)Cc1ccccc1N. The summed E-state index contributed by atoms with van der Waals surface area (Å²) >= 11 is 0. The molecule has 19 heavy (non-hydrogen) atoms. The van der Waals surface area contributed by atoms with Gasteiger partial charge >= 0.3 is 0 Å². The van der Waals surface area contributed by atoms with Crippen molar-refractivity contribution in [1.82, 2.24) is 4.90 Å². The van der Waals surface area contributed by atoms with Crippen molar-refractivity contribution in [3.05, 3.63) is 29.8 Å². The van der Waals surface area contributed by atoms with Crippen LogP contribution in [0.5, 0.6) is 0 Å². The number of ether oxygens (including phenoxy) is 1. The number of nitrogen functional groups attached to an aromatic ring is 1. The molecule has 1 aromatic rings. The van der Waals surface area contributed by atoms with Crippen LogP contribution in [-0.4, -0.2) is 31.2 Å². The number of nitrogens with zero attached hydrogens (tertiary/aromatic N) is 1. The number of unbranched alkanes of at least 4 members (excludes halogenated alkanes) is 1. The summed E-state index contributed by atoms with van der Waals surface area (Å²) in [6.07, 6.45) is 3.50. The third-order valence-electron chi connectivity index (χ3n) is 3.18. The van der Waals surface area contributed by atoms with Crippen molar-refractivity contribution in [2.75, 3.05) is 32.0 Å². The Morgan fingerprint density at radius 3 is 2.53 bits per heavy atom.